The van der Waals surface area contributed by atoms with Gasteiger partial charge in [0.25, 0.3) is 0 Å². The van der Waals surface area contributed by atoms with Crippen molar-refractivity contribution >= 4 is 11.3 Å². The molecule has 0 bridgehead atoms. The third-order valence-corrected chi connectivity index (χ3v) is 4.72. The van der Waals surface area contributed by atoms with Gasteiger partial charge in [0.1, 0.15) is 0 Å². The van der Waals surface area contributed by atoms with Crippen LogP contribution >= 0.6 is 11.3 Å². The van der Waals surface area contributed by atoms with E-state index in [1.165, 1.54) is 41.0 Å². The van der Waals surface area contributed by atoms with E-state index in [2.05, 4.69) is 61.6 Å². The van der Waals surface area contributed by atoms with Crippen LogP contribution in [-0.4, -0.2) is 6.04 Å². The van der Waals surface area contributed by atoms with Gasteiger partial charge in [-0.25, -0.2) is 0 Å². The van der Waals surface area contributed by atoms with E-state index >= 15 is 0 Å². The fourth-order valence-corrected chi connectivity index (χ4v) is 3.27. The van der Waals surface area contributed by atoms with Gasteiger partial charge in [0, 0.05) is 22.3 Å². The van der Waals surface area contributed by atoms with Crippen LogP contribution < -0.4 is 5.32 Å². The molecular formula is C18H25NS. The van der Waals surface area contributed by atoms with Gasteiger partial charge in [-0.3, -0.25) is 0 Å². The summed E-state index contributed by atoms with van der Waals surface area (Å²) in [5, 5.41) is 3.63. The van der Waals surface area contributed by atoms with Gasteiger partial charge in [0.15, 0.2) is 0 Å². The molecular weight excluding hydrogens is 262 g/mol. The molecule has 1 N–H and O–H groups in total. The summed E-state index contributed by atoms with van der Waals surface area (Å²) in [6.45, 7) is 5.54. The quantitative estimate of drug-likeness (QED) is 0.634. The summed E-state index contributed by atoms with van der Waals surface area (Å²) in [6, 6.07) is 15.7. The average molecular weight is 287 g/mol. The topological polar surface area (TPSA) is 12.0 Å². The van der Waals surface area contributed by atoms with Crippen molar-refractivity contribution in [2.45, 2.75) is 52.1 Å². The van der Waals surface area contributed by atoms with E-state index in [0.717, 1.165) is 6.54 Å². The molecule has 1 aromatic carbocycles. The fourth-order valence-electron chi connectivity index (χ4n) is 2.31. The number of rotatable bonds is 8. The Hall–Kier alpha value is -1.12. The van der Waals surface area contributed by atoms with Gasteiger partial charge < -0.3 is 5.32 Å². The van der Waals surface area contributed by atoms with Crippen molar-refractivity contribution in [2.24, 2.45) is 0 Å². The van der Waals surface area contributed by atoms with E-state index in [9.17, 15) is 0 Å². The van der Waals surface area contributed by atoms with Crippen LogP contribution in [0.3, 0.4) is 0 Å². The highest BCUT2D eigenvalue weighted by atomic mass is 32.1. The Morgan fingerprint density at radius 1 is 1.05 bits per heavy atom. The summed E-state index contributed by atoms with van der Waals surface area (Å²) in [4.78, 5) is 2.78. The molecule has 0 amide bonds. The highest BCUT2D eigenvalue weighted by molar-refractivity contribution is 7.15. The van der Waals surface area contributed by atoms with Crippen molar-refractivity contribution in [2.75, 3.05) is 0 Å². The lowest BCUT2D eigenvalue weighted by Crippen LogP contribution is -2.24. The predicted molar refractivity (Wildman–Crippen MR) is 90.2 cm³/mol. The van der Waals surface area contributed by atoms with Gasteiger partial charge in [-0.2, -0.15) is 0 Å². The molecule has 2 heteroatoms. The van der Waals surface area contributed by atoms with Crippen molar-refractivity contribution in [1.82, 2.24) is 5.32 Å². The second-order valence-electron chi connectivity index (χ2n) is 5.41. The van der Waals surface area contributed by atoms with Crippen molar-refractivity contribution < 1.29 is 0 Å². The minimum absolute atomic E-state index is 0.615. The van der Waals surface area contributed by atoms with Crippen molar-refractivity contribution in [3.8, 4) is 10.4 Å². The zero-order valence-corrected chi connectivity index (χ0v) is 13.4. The summed E-state index contributed by atoms with van der Waals surface area (Å²) >= 11 is 1.89. The zero-order chi connectivity index (χ0) is 14.2. The van der Waals surface area contributed by atoms with E-state index in [0.29, 0.717) is 6.04 Å². The molecule has 1 nitrogen and oxygen atoms in total. The van der Waals surface area contributed by atoms with Crippen molar-refractivity contribution in [3.63, 3.8) is 0 Å². The molecule has 2 aromatic rings. The molecule has 108 valence electrons. The van der Waals surface area contributed by atoms with E-state index < -0.39 is 0 Å². The molecule has 0 saturated heterocycles. The van der Waals surface area contributed by atoms with Crippen LogP contribution in [0.5, 0.6) is 0 Å². The first-order valence-electron chi connectivity index (χ1n) is 7.67. The Bertz CT molecular complexity index is 489. The van der Waals surface area contributed by atoms with E-state index in [4.69, 9.17) is 0 Å². The number of thiophene rings is 1. The van der Waals surface area contributed by atoms with Gasteiger partial charge in [0.2, 0.25) is 0 Å². The molecule has 0 spiro atoms. The number of nitrogens with one attached hydrogen (secondary N) is 1. The maximum Gasteiger partial charge on any atom is 0.0346 e. The standard InChI is InChI=1S/C18H25NS/c1-3-4-6-9-15(2)19-14-17-12-13-18(20-17)16-10-7-5-8-11-16/h5,7-8,10-13,15,19H,3-4,6,9,14H2,1-2H3. The maximum absolute atomic E-state index is 3.63. The van der Waals surface area contributed by atoms with Crippen molar-refractivity contribution in [1.29, 1.82) is 0 Å². The SMILES string of the molecule is CCCCCC(C)NCc1ccc(-c2ccccc2)s1. The third-order valence-electron chi connectivity index (χ3n) is 3.59. The molecule has 20 heavy (non-hydrogen) atoms. The highest BCUT2D eigenvalue weighted by Crippen LogP contribution is 2.27. The molecule has 0 aliphatic heterocycles. The van der Waals surface area contributed by atoms with Crippen LogP contribution in [-0.2, 0) is 6.54 Å². The third kappa shape index (κ3) is 4.77. The summed E-state index contributed by atoms with van der Waals surface area (Å²) in [6.07, 6.45) is 5.27. The minimum atomic E-state index is 0.615. The van der Waals surface area contributed by atoms with Crippen LogP contribution in [0.1, 0.15) is 44.4 Å². The molecule has 1 atom stereocenters. The summed E-state index contributed by atoms with van der Waals surface area (Å²) < 4.78 is 0. The number of hydrogen-bond donors (Lipinski definition) is 1. The van der Waals surface area contributed by atoms with Crippen LogP contribution in [0, 0.1) is 0 Å². The molecule has 0 radical (unpaired) electrons. The van der Waals surface area contributed by atoms with Crippen molar-refractivity contribution in [3.05, 3.63) is 47.3 Å². The van der Waals surface area contributed by atoms with Gasteiger partial charge in [-0.15, -0.1) is 11.3 Å². The first kappa shape index (κ1) is 15.3. The normalized spacial score (nSPS) is 12.5. The van der Waals surface area contributed by atoms with E-state index in [1.807, 2.05) is 11.3 Å². The molecule has 0 aliphatic rings. The number of unbranched alkanes of at least 4 members (excludes halogenated alkanes) is 2. The monoisotopic (exact) mass is 287 g/mol. The second kappa shape index (κ2) is 8.23. The molecule has 0 aliphatic carbocycles. The lowest BCUT2D eigenvalue weighted by molar-refractivity contribution is 0.489. The fraction of sp³-hybridized carbons (Fsp3) is 0.444. The molecule has 2 rings (SSSR count). The average Bonchev–Trinajstić information content (AvgIpc) is 2.95. The second-order valence-corrected chi connectivity index (χ2v) is 6.58. The molecule has 1 heterocycles. The summed E-state index contributed by atoms with van der Waals surface area (Å²) in [5.74, 6) is 0. The van der Waals surface area contributed by atoms with Gasteiger partial charge in [0.05, 0.1) is 0 Å². The number of hydrogen-bond acceptors (Lipinski definition) is 2. The van der Waals surface area contributed by atoms with Crippen LogP contribution in [0.4, 0.5) is 0 Å². The molecule has 1 unspecified atom stereocenters. The zero-order valence-electron chi connectivity index (χ0n) is 12.6. The van der Waals surface area contributed by atoms with Gasteiger partial charge in [-0.1, -0.05) is 56.5 Å². The molecule has 1 aromatic heterocycles. The van der Waals surface area contributed by atoms with E-state index in [-0.39, 0.29) is 0 Å². The Morgan fingerprint density at radius 2 is 1.85 bits per heavy atom. The van der Waals surface area contributed by atoms with Crippen LogP contribution in [0.15, 0.2) is 42.5 Å². The summed E-state index contributed by atoms with van der Waals surface area (Å²) in [7, 11) is 0. The largest absolute Gasteiger partial charge is 0.309 e. The van der Waals surface area contributed by atoms with E-state index in [1.54, 1.807) is 0 Å². The first-order valence-corrected chi connectivity index (χ1v) is 8.48. The Kier molecular flexibility index (Phi) is 6.28. The smallest absolute Gasteiger partial charge is 0.0346 e. The highest BCUT2D eigenvalue weighted by Gasteiger charge is 2.05. The summed E-state index contributed by atoms with van der Waals surface area (Å²) in [5.41, 5.74) is 1.32. The maximum atomic E-state index is 3.63. The number of benzene rings is 1. The Labute approximate surface area is 127 Å². The lowest BCUT2D eigenvalue weighted by atomic mass is 10.1. The predicted octanol–water partition coefficient (Wildman–Crippen LogP) is 5.47. The first-order chi connectivity index (χ1) is 9.79. The van der Waals surface area contributed by atoms with Gasteiger partial charge in [-0.05, 0) is 31.0 Å². The lowest BCUT2D eigenvalue weighted by Gasteiger charge is -2.12. The Balaban J connectivity index is 1.81. The minimum Gasteiger partial charge on any atom is -0.309 e. The molecule has 0 saturated carbocycles. The van der Waals surface area contributed by atoms with Crippen LogP contribution in [0.25, 0.3) is 10.4 Å². The molecule has 0 fully saturated rings. The van der Waals surface area contributed by atoms with Gasteiger partial charge >= 0.3 is 0 Å². The Morgan fingerprint density at radius 3 is 2.60 bits per heavy atom. The van der Waals surface area contributed by atoms with Crippen LogP contribution in [0.2, 0.25) is 0 Å².